The van der Waals surface area contributed by atoms with E-state index in [-0.39, 0.29) is 5.41 Å². The van der Waals surface area contributed by atoms with E-state index in [0.717, 1.165) is 78.5 Å². The summed E-state index contributed by atoms with van der Waals surface area (Å²) in [4.78, 5) is 4.46. The number of amidine groups is 2. The first-order valence-electron chi connectivity index (χ1n) is 15.8. The molecule has 222 valence electrons. The average molecular weight is 558 g/mol. The van der Waals surface area contributed by atoms with Crippen molar-refractivity contribution >= 4 is 18.4 Å². The van der Waals surface area contributed by atoms with Crippen LogP contribution in [0.2, 0.25) is 0 Å². The lowest BCUT2D eigenvalue weighted by Crippen LogP contribution is -2.37. The molecule has 7 nitrogen and oxygen atoms in total. The molecule has 1 heterocycles. The summed E-state index contributed by atoms with van der Waals surface area (Å²) in [6.07, 6.45) is 9.98. The summed E-state index contributed by atoms with van der Waals surface area (Å²) >= 11 is 0. The zero-order valence-electron chi connectivity index (χ0n) is 25.9. The van der Waals surface area contributed by atoms with Gasteiger partial charge in [-0.1, -0.05) is 89.6 Å². The largest absolute Gasteiger partial charge is 0.291 e. The standard InChI is InChI=1S/C32H45N7.C2H6/c1-5-6-15-39(36-30(33-4)21-32(3)19-25-16-23(2)17-26(18-25)20-32)22-24-11-13-27(14-12-24)28-9-7-8-10-29(28)31-34-37-38-35-31;1-2/h7-14,23,25-26,37-38H,4-6,15-22H2,1-3H3,(H,34,35);1-2H3/b36-30-;. The zero-order valence-corrected chi connectivity index (χ0v) is 25.9. The number of hydrogen-bond acceptors (Lipinski definition) is 6. The van der Waals surface area contributed by atoms with Gasteiger partial charge in [-0.15, -0.1) is 10.6 Å². The highest BCUT2D eigenvalue weighted by Crippen LogP contribution is 2.51. The lowest BCUT2D eigenvalue weighted by molar-refractivity contribution is 0.0506. The number of nitrogens with one attached hydrogen (secondary N) is 3. The summed E-state index contributed by atoms with van der Waals surface area (Å²) in [5.74, 6) is 4.30. The Morgan fingerprint density at radius 1 is 1.02 bits per heavy atom. The maximum atomic E-state index is 5.11. The first kappa shape index (κ1) is 30.8. The monoisotopic (exact) mass is 557 g/mol. The third kappa shape index (κ3) is 8.19. The molecule has 2 bridgehead atoms. The molecule has 41 heavy (non-hydrogen) atoms. The normalized spacial score (nSPS) is 25.2. The fourth-order valence-electron chi connectivity index (χ4n) is 7.29. The molecule has 2 aromatic rings. The summed E-state index contributed by atoms with van der Waals surface area (Å²) < 4.78 is 0. The number of aliphatic imine (C=N–C) groups is 1. The van der Waals surface area contributed by atoms with Crippen LogP contribution < -0.4 is 16.5 Å². The number of fused-ring (bicyclic) bond motifs is 2. The highest BCUT2D eigenvalue weighted by atomic mass is 15.8. The van der Waals surface area contributed by atoms with Crippen LogP contribution in [0.15, 0.2) is 63.7 Å². The van der Waals surface area contributed by atoms with Crippen LogP contribution in [0, 0.1) is 23.2 Å². The van der Waals surface area contributed by atoms with E-state index in [1.165, 1.54) is 37.7 Å². The fraction of sp³-hybridized carbons (Fsp3) is 0.559. The third-order valence-electron chi connectivity index (χ3n) is 8.71. The molecule has 3 aliphatic rings. The molecular formula is C34H51N7. The Morgan fingerprint density at radius 3 is 2.32 bits per heavy atom. The van der Waals surface area contributed by atoms with Crippen molar-refractivity contribution in [3.05, 3.63) is 59.7 Å². The van der Waals surface area contributed by atoms with Gasteiger partial charge in [0.15, 0.2) is 5.84 Å². The molecule has 0 aromatic heterocycles. The minimum absolute atomic E-state index is 0.280. The van der Waals surface area contributed by atoms with Gasteiger partial charge in [0.1, 0.15) is 5.84 Å². The predicted molar refractivity (Wildman–Crippen MR) is 173 cm³/mol. The SMILES string of the molecule is C=N/C(CC1(C)CC2CC(C)CC(C2)C1)=N\N(CCCC)Cc1ccc(-c2ccccc2C2=NNNN2)cc1.CC. The van der Waals surface area contributed by atoms with Crippen LogP contribution in [-0.2, 0) is 6.54 Å². The number of hydrazine groups is 2. The number of nitrogens with zero attached hydrogens (tertiary/aromatic N) is 4. The van der Waals surface area contributed by atoms with Crippen molar-refractivity contribution in [2.24, 2.45) is 38.4 Å². The van der Waals surface area contributed by atoms with E-state index in [1.807, 2.05) is 19.9 Å². The Morgan fingerprint density at radius 2 is 1.71 bits per heavy atom. The van der Waals surface area contributed by atoms with E-state index >= 15 is 0 Å². The maximum Gasteiger partial charge on any atom is 0.171 e. The fourth-order valence-corrected chi connectivity index (χ4v) is 7.29. The molecule has 2 fully saturated rings. The Bertz CT molecular complexity index is 1170. The van der Waals surface area contributed by atoms with E-state index < -0.39 is 0 Å². The van der Waals surface area contributed by atoms with Crippen molar-refractivity contribution in [3.8, 4) is 11.1 Å². The second kappa shape index (κ2) is 14.6. The van der Waals surface area contributed by atoms with Crippen LogP contribution >= 0.6 is 0 Å². The van der Waals surface area contributed by atoms with Crippen molar-refractivity contribution in [2.45, 2.75) is 92.5 Å². The Labute approximate surface area is 247 Å². The number of benzene rings is 2. The lowest BCUT2D eigenvalue weighted by atomic mass is 9.58. The minimum atomic E-state index is 0.280. The highest BCUT2D eigenvalue weighted by molar-refractivity contribution is 6.04. The van der Waals surface area contributed by atoms with Gasteiger partial charge in [-0.2, -0.15) is 5.10 Å². The van der Waals surface area contributed by atoms with E-state index in [0.29, 0.717) is 0 Å². The molecule has 0 saturated heterocycles. The Hall–Kier alpha value is -3.19. The van der Waals surface area contributed by atoms with Gasteiger partial charge in [-0.3, -0.25) is 10.4 Å². The summed E-state index contributed by atoms with van der Waals surface area (Å²) in [7, 11) is 0. The summed E-state index contributed by atoms with van der Waals surface area (Å²) in [5.41, 5.74) is 13.5. The van der Waals surface area contributed by atoms with E-state index in [4.69, 9.17) is 5.10 Å². The summed E-state index contributed by atoms with van der Waals surface area (Å²) in [6.45, 7) is 16.8. The van der Waals surface area contributed by atoms with Gasteiger partial charge in [0.05, 0.1) is 6.54 Å². The first-order chi connectivity index (χ1) is 19.9. The quantitative estimate of drug-likeness (QED) is 0.160. The molecule has 2 aromatic carbocycles. The van der Waals surface area contributed by atoms with Gasteiger partial charge in [0.25, 0.3) is 0 Å². The van der Waals surface area contributed by atoms with Crippen LogP contribution in [0.5, 0.6) is 0 Å². The second-order valence-corrected chi connectivity index (χ2v) is 12.4. The van der Waals surface area contributed by atoms with Crippen LogP contribution in [0.1, 0.15) is 97.1 Å². The average Bonchev–Trinajstić information content (AvgIpc) is 3.51. The molecule has 0 amide bonds. The van der Waals surface area contributed by atoms with Gasteiger partial charge in [-0.05, 0) is 85.1 Å². The number of hydrazone groups is 2. The van der Waals surface area contributed by atoms with Crippen molar-refractivity contribution in [1.82, 2.24) is 21.5 Å². The predicted octanol–water partition coefficient (Wildman–Crippen LogP) is 7.51. The number of hydrogen-bond donors (Lipinski definition) is 3. The third-order valence-corrected chi connectivity index (χ3v) is 8.71. The Kier molecular flexibility index (Phi) is 11.0. The smallest absolute Gasteiger partial charge is 0.171 e. The molecule has 0 spiro atoms. The van der Waals surface area contributed by atoms with Gasteiger partial charge >= 0.3 is 0 Å². The van der Waals surface area contributed by atoms with Crippen LogP contribution in [-0.4, -0.2) is 29.9 Å². The summed E-state index contributed by atoms with van der Waals surface area (Å²) in [6, 6.07) is 17.1. The number of unbranched alkanes of at least 4 members (excludes halogenated alkanes) is 1. The molecule has 0 radical (unpaired) electrons. The van der Waals surface area contributed by atoms with Crippen LogP contribution in [0.3, 0.4) is 0 Å². The zero-order chi connectivity index (χ0) is 29.2. The molecule has 3 N–H and O–H groups in total. The topological polar surface area (TPSA) is 76.4 Å². The van der Waals surface area contributed by atoms with Gasteiger partial charge < -0.3 is 0 Å². The van der Waals surface area contributed by atoms with E-state index in [2.05, 4.69) is 102 Å². The summed E-state index contributed by atoms with van der Waals surface area (Å²) in [5, 5.41) is 11.6. The molecule has 2 unspecified atom stereocenters. The first-order valence-corrected chi connectivity index (χ1v) is 15.8. The lowest BCUT2D eigenvalue weighted by Gasteiger charge is -2.47. The van der Waals surface area contributed by atoms with Crippen LogP contribution in [0.4, 0.5) is 0 Å². The van der Waals surface area contributed by atoms with Crippen LogP contribution in [0.25, 0.3) is 11.1 Å². The second-order valence-electron chi connectivity index (χ2n) is 12.4. The highest BCUT2D eigenvalue weighted by Gasteiger charge is 2.41. The van der Waals surface area contributed by atoms with Crippen molar-refractivity contribution < 1.29 is 0 Å². The molecule has 2 saturated carbocycles. The van der Waals surface area contributed by atoms with Crippen molar-refractivity contribution in [3.63, 3.8) is 0 Å². The molecule has 5 rings (SSSR count). The Balaban J connectivity index is 0.00000189. The van der Waals surface area contributed by atoms with E-state index in [1.54, 1.807) is 0 Å². The maximum absolute atomic E-state index is 5.11. The van der Waals surface area contributed by atoms with Gasteiger partial charge in [-0.25, -0.2) is 10.5 Å². The molecular weight excluding hydrogens is 506 g/mol. The minimum Gasteiger partial charge on any atom is -0.291 e. The molecule has 1 aliphatic heterocycles. The van der Waals surface area contributed by atoms with Crippen molar-refractivity contribution in [1.29, 1.82) is 0 Å². The van der Waals surface area contributed by atoms with Gasteiger partial charge in [0.2, 0.25) is 0 Å². The van der Waals surface area contributed by atoms with Gasteiger partial charge in [0, 0.05) is 18.5 Å². The molecule has 2 atom stereocenters. The van der Waals surface area contributed by atoms with E-state index in [9.17, 15) is 0 Å². The molecule has 2 aliphatic carbocycles. The molecule has 7 heteroatoms. The van der Waals surface area contributed by atoms with Crippen molar-refractivity contribution in [2.75, 3.05) is 6.54 Å². The number of rotatable bonds is 10.